The number of hydrogen-bond donors (Lipinski definition) is 0. The summed E-state index contributed by atoms with van der Waals surface area (Å²) in [7, 11) is 0.346. The highest BCUT2D eigenvalue weighted by molar-refractivity contribution is 8.13. The van der Waals surface area contributed by atoms with Crippen LogP contribution in [-0.2, 0) is 13.8 Å². The van der Waals surface area contributed by atoms with Crippen LogP contribution in [0.25, 0.3) is 0 Å². The predicted molar refractivity (Wildman–Crippen MR) is 67.5 cm³/mol. The molecule has 1 aliphatic rings. The van der Waals surface area contributed by atoms with Gasteiger partial charge in [-0.2, -0.15) is 0 Å². The van der Waals surface area contributed by atoms with E-state index in [-0.39, 0.29) is 6.10 Å². The van der Waals surface area contributed by atoms with E-state index in [1.165, 1.54) is 0 Å². The average molecular weight is 345 g/mol. The van der Waals surface area contributed by atoms with Gasteiger partial charge in [0.25, 0.3) is 9.05 Å². The number of halogens is 4. The lowest BCUT2D eigenvalue weighted by Crippen LogP contribution is -2.25. The molecule has 0 amide bonds. The number of carbonyl (C=O) groups is 1. The van der Waals surface area contributed by atoms with Crippen LogP contribution in [0.5, 0.6) is 0 Å². The third kappa shape index (κ3) is 2.89. The Morgan fingerprint density at radius 3 is 2.40 bits per heavy atom. The van der Waals surface area contributed by atoms with Crippen molar-refractivity contribution in [2.45, 2.75) is 30.3 Å². The van der Waals surface area contributed by atoms with E-state index in [2.05, 4.69) is 0 Å². The summed E-state index contributed by atoms with van der Waals surface area (Å²) in [5.74, 6) is -4.29. The van der Waals surface area contributed by atoms with Crippen molar-refractivity contribution in [1.29, 1.82) is 0 Å². The summed E-state index contributed by atoms with van der Waals surface area (Å²) < 4.78 is 54.2. The van der Waals surface area contributed by atoms with Crippen molar-refractivity contribution < 1.29 is 26.7 Å². The van der Waals surface area contributed by atoms with Crippen molar-refractivity contribution in [1.82, 2.24) is 0 Å². The Morgan fingerprint density at radius 2 is 1.95 bits per heavy atom. The summed E-state index contributed by atoms with van der Waals surface area (Å²) in [6.45, 7) is 0. The van der Waals surface area contributed by atoms with Crippen LogP contribution in [0.15, 0.2) is 11.0 Å². The number of hydrogen-bond acceptors (Lipinski definition) is 4. The zero-order valence-electron chi connectivity index (χ0n) is 9.83. The molecule has 0 spiro atoms. The second kappa shape index (κ2) is 5.46. The summed E-state index contributed by atoms with van der Waals surface area (Å²) in [6, 6.07) is 0.490. The normalized spacial score (nSPS) is 15.8. The molecule has 0 radical (unpaired) electrons. The fourth-order valence-electron chi connectivity index (χ4n) is 1.65. The summed E-state index contributed by atoms with van der Waals surface area (Å²) in [6.07, 6.45) is 1.90. The first-order chi connectivity index (χ1) is 9.21. The van der Waals surface area contributed by atoms with Gasteiger partial charge in [-0.1, -0.05) is 11.6 Å². The molecule has 0 atom stereocenters. The third-order valence-corrected chi connectivity index (χ3v) is 4.74. The van der Waals surface area contributed by atoms with Crippen LogP contribution in [0.1, 0.15) is 29.6 Å². The van der Waals surface area contributed by atoms with Gasteiger partial charge in [0, 0.05) is 10.7 Å². The lowest BCUT2D eigenvalue weighted by Gasteiger charge is -2.25. The van der Waals surface area contributed by atoms with Crippen LogP contribution in [0.4, 0.5) is 8.78 Å². The summed E-state index contributed by atoms with van der Waals surface area (Å²) >= 11 is 5.64. The van der Waals surface area contributed by atoms with Gasteiger partial charge in [0.1, 0.15) is 11.0 Å². The Kier molecular flexibility index (Phi) is 4.22. The van der Waals surface area contributed by atoms with E-state index in [1.807, 2.05) is 0 Å². The number of ether oxygens (including phenoxy) is 1. The molecule has 20 heavy (non-hydrogen) atoms. The van der Waals surface area contributed by atoms with Gasteiger partial charge in [0.05, 0.1) is 10.6 Å². The highest BCUT2D eigenvalue weighted by Gasteiger charge is 2.31. The third-order valence-electron chi connectivity index (χ3n) is 2.91. The molecule has 0 bridgehead atoms. The van der Waals surface area contributed by atoms with E-state index < -0.39 is 42.1 Å². The molecule has 1 saturated carbocycles. The lowest BCUT2D eigenvalue weighted by molar-refractivity contribution is 0.00894. The molecule has 0 aliphatic heterocycles. The molecule has 1 fully saturated rings. The van der Waals surface area contributed by atoms with Gasteiger partial charge in [-0.3, -0.25) is 0 Å². The number of carbonyl (C=O) groups excluding carboxylic acids is 1. The van der Waals surface area contributed by atoms with Gasteiger partial charge in [0.2, 0.25) is 0 Å². The Morgan fingerprint density at radius 1 is 1.35 bits per heavy atom. The largest absolute Gasteiger partial charge is 0.459 e. The second-order valence-corrected chi connectivity index (χ2v) is 7.14. The van der Waals surface area contributed by atoms with E-state index in [9.17, 15) is 22.0 Å². The number of rotatable bonds is 3. The van der Waals surface area contributed by atoms with Crippen LogP contribution in [0.3, 0.4) is 0 Å². The minimum absolute atomic E-state index is 0.317. The fraction of sp³-hybridized carbons (Fsp3) is 0.364. The van der Waals surface area contributed by atoms with Crippen molar-refractivity contribution in [2.75, 3.05) is 0 Å². The first kappa shape index (κ1) is 15.5. The van der Waals surface area contributed by atoms with Crippen LogP contribution < -0.4 is 0 Å². The first-order valence-electron chi connectivity index (χ1n) is 5.55. The van der Waals surface area contributed by atoms with Crippen LogP contribution in [0, 0.1) is 11.6 Å². The molecule has 110 valence electrons. The molecule has 1 aliphatic carbocycles. The van der Waals surface area contributed by atoms with Crippen molar-refractivity contribution in [3.05, 3.63) is 28.3 Å². The highest BCUT2D eigenvalue weighted by Crippen LogP contribution is 2.33. The van der Waals surface area contributed by atoms with Gasteiger partial charge in [-0.25, -0.2) is 22.0 Å². The average Bonchev–Trinajstić information content (AvgIpc) is 2.26. The molecule has 1 aromatic rings. The molecule has 1 aromatic carbocycles. The smallest absolute Gasteiger partial charge is 0.340 e. The quantitative estimate of drug-likeness (QED) is 0.479. The maximum atomic E-state index is 13.5. The highest BCUT2D eigenvalue weighted by atomic mass is 35.7. The van der Waals surface area contributed by atoms with E-state index >= 15 is 0 Å². The van der Waals surface area contributed by atoms with Gasteiger partial charge in [0.15, 0.2) is 11.6 Å². The number of esters is 1. The van der Waals surface area contributed by atoms with E-state index in [0.29, 0.717) is 18.9 Å². The maximum Gasteiger partial charge on any atom is 0.340 e. The van der Waals surface area contributed by atoms with Crippen molar-refractivity contribution in [3.63, 3.8) is 0 Å². The molecule has 0 saturated heterocycles. The van der Waals surface area contributed by atoms with Gasteiger partial charge in [-0.15, -0.1) is 0 Å². The molecule has 0 N–H and O–H groups in total. The van der Waals surface area contributed by atoms with Gasteiger partial charge >= 0.3 is 5.97 Å². The minimum atomic E-state index is -4.65. The van der Waals surface area contributed by atoms with Crippen molar-refractivity contribution >= 4 is 37.3 Å². The molecule has 9 heteroatoms. The maximum absolute atomic E-state index is 13.5. The summed E-state index contributed by atoms with van der Waals surface area (Å²) in [5.41, 5.74) is -0.573. The second-order valence-electron chi connectivity index (χ2n) is 4.26. The van der Waals surface area contributed by atoms with E-state index in [4.69, 9.17) is 27.0 Å². The molecule has 0 aromatic heterocycles. The molecule has 0 unspecified atom stereocenters. The fourth-order valence-corrected chi connectivity index (χ4v) is 3.35. The Hall–Kier alpha value is -0.920. The van der Waals surface area contributed by atoms with E-state index in [0.717, 1.165) is 6.42 Å². The Balaban J connectivity index is 2.48. The zero-order valence-corrected chi connectivity index (χ0v) is 12.2. The van der Waals surface area contributed by atoms with Crippen molar-refractivity contribution in [2.24, 2.45) is 0 Å². The Bertz CT molecular complexity index is 671. The lowest BCUT2D eigenvalue weighted by atomic mass is 9.96. The summed E-state index contributed by atoms with van der Waals surface area (Å²) in [4.78, 5) is 10.5. The zero-order chi connectivity index (χ0) is 15.1. The minimum Gasteiger partial charge on any atom is -0.459 e. The Labute approximate surface area is 123 Å². The molecule has 0 heterocycles. The first-order valence-corrected chi connectivity index (χ1v) is 8.23. The topological polar surface area (TPSA) is 60.4 Å². The number of benzene rings is 1. The molecular weight excluding hydrogens is 337 g/mol. The van der Waals surface area contributed by atoms with Gasteiger partial charge in [-0.05, 0) is 25.3 Å². The van der Waals surface area contributed by atoms with Crippen LogP contribution in [0.2, 0.25) is 5.02 Å². The molecular formula is C11H8Cl2F2O4S. The monoisotopic (exact) mass is 344 g/mol. The van der Waals surface area contributed by atoms with Crippen molar-refractivity contribution in [3.8, 4) is 0 Å². The predicted octanol–water partition coefficient (Wildman–Crippen LogP) is 3.26. The van der Waals surface area contributed by atoms with E-state index in [1.54, 1.807) is 0 Å². The SMILES string of the molecule is O=C(OC1CCC1)c1cc(F)c(F)c(S(=O)(=O)Cl)c1Cl. The van der Waals surface area contributed by atoms with Gasteiger partial charge < -0.3 is 4.74 Å². The standard InChI is InChI=1S/C11H8Cl2F2O4S/c12-8-6(11(16)19-5-2-1-3-5)4-7(14)9(15)10(8)20(13,17)18/h4-5H,1-3H2. The molecule has 4 nitrogen and oxygen atoms in total. The summed E-state index contributed by atoms with van der Waals surface area (Å²) in [5, 5.41) is -0.789. The van der Waals surface area contributed by atoms with Crippen LogP contribution in [-0.4, -0.2) is 20.5 Å². The van der Waals surface area contributed by atoms with Crippen LogP contribution >= 0.6 is 22.3 Å². The molecule has 2 rings (SSSR count).